The molecule has 0 aliphatic heterocycles. The van der Waals surface area contributed by atoms with Gasteiger partial charge in [0.05, 0.1) is 16.6 Å². The van der Waals surface area contributed by atoms with E-state index in [1.807, 2.05) is 32.9 Å². The highest BCUT2D eigenvalue weighted by Gasteiger charge is 2.10. The predicted molar refractivity (Wildman–Crippen MR) is 86.6 cm³/mol. The number of fused-ring (bicyclic) bond motifs is 1. The third-order valence-corrected chi connectivity index (χ3v) is 3.70. The fourth-order valence-corrected chi connectivity index (χ4v) is 2.82. The summed E-state index contributed by atoms with van der Waals surface area (Å²) in [5.74, 6) is 0.653. The van der Waals surface area contributed by atoms with Crippen LogP contribution < -0.4 is 5.56 Å². The summed E-state index contributed by atoms with van der Waals surface area (Å²) in [6, 6.07) is 11.2. The molecular weight excluding hydrogens is 284 g/mol. The number of aryl methyl sites for hydroxylation is 3. The summed E-state index contributed by atoms with van der Waals surface area (Å²) in [5.41, 5.74) is 3.64. The van der Waals surface area contributed by atoms with Gasteiger partial charge in [0.1, 0.15) is 5.82 Å². The molecule has 0 saturated heterocycles. The lowest BCUT2D eigenvalue weighted by molar-refractivity contribution is 0.892. The predicted octanol–water partition coefficient (Wildman–Crippen LogP) is 3.96. The first-order chi connectivity index (χ1) is 9.95. The van der Waals surface area contributed by atoms with E-state index in [4.69, 9.17) is 11.6 Å². The van der Waals surface area contributed by atoms with Gasteiger partial charge in [-0.3, -0.25) is 9.36 Å². The van der Waals surface area contributed by atoms with Crippen molar-refractivity contribution in [2.75, 3.05) is 0 Å². The Bertz CT molecular complexity index is 892. The summed E-state index contributed by atoms with van der Waals surface area (Å²) in [7, 11) is 0. The molecule has 0 amide bonds. The summed E-state index contributed by atoms with van der Waals surface area (Å²) in [5, 5.41) is 1.15. The fourth-order valence-electron chi connectivity index (χ4n) is 2.65. The van der Waals surface area contributed by atoms with E-state index in [-0.39, 0.29) is 5.56 Å². The molecule has 106 valence electrons. The third-order valence-electron chi connectivity index (χ3n) is 3.46. The molecule has 4 heteroatoms. The van der Waals surface area contributed by atoms with Crippen LogP contribution in [0.3, 0.4) is 0 Å². The van der Waals surface area contributed by atoms with Gasteiger partial charge in [-0.2, -0.15) is 0 Å². The van der Waals surface area contributed by atoms with Gasteiger partial charge < -0.3 is 0 Å². The molecule has 0 spiro atoms. The molecule has 0 atom stereocenters. The maximum absolute atomic E-state index is 12.8. The first kappa shape index (κ1) is 13.8. The summed E-state index contributed by atoms with van der Waals surface area (Å²) in [6.45, 7) is 5.87. The highest BCUT2D eigenvalue weighted by atomic mass is 35.5. The van der Waals surface area contributed by atoms with E-state index >= 15 is 0 Å². The zero-order valence-electron chi connectivity index (χ0n) is 12.1. The molecule has 0 aliphatic carbocycles. The molecule has 3 aromatic rings. The van der Waals surface area contributed by atoms with Crippen LogP contribution in [0.5, 0.6) is 0 Å². The van der Waals surface area contributed by atoms with Crippen molar-refractivity contribution in [3.63, 3.8) is 0 Å². The summed E-state index contributed by atoms with van der Waals surface area (Å²) < 4.78 is 1.65. The van der Waals surface area contributed by atoms with Crippen LogP contribution in [0.1, 0.15) is 17.0 Å². The molecule has 0 unspecified atom stereocenters. The number of halogens is 1. The standard InChI is InChI=1S/C17H15ClN2O/c1-10-6-11(2)8-14(7-10)20-12(3)19-16-9-13(18)4-5-15(16)17(20)21/h4-9H,1-3H3. The maximum Gasteiger partial charge on any atom is 0.265 e. The van der Waals surface area contributed by atoms with Crippen LogP contribution in [-0.4, -0.2) is 9.55 Å². The molecule has 0 N–H and O–H groups in total. The van der Waals surface area contributed by atoms with Crippen LogP contribution in [0.4, 0.5) is 0 Å². The minimum absolute atomic E-state index is 0.0702. The van der Waals surface area contributed by atoms with Gasteiger partial charge in [0.2, 0.25) is 0 Å². The zero-order chi connectivity index (χ0) is 15.1. The average molecular weight is 299 g/mol. The van der Waals surface area contributed by atoms with E-state index in [2.05, 4.69) is 11.1 Å². The van der Waals surface area contributed by atoms with Crippen LogP contribution in [0.15, 0.2) is 41.2 Å². The molecule has 1 aromatic heterocycles. The summed E-state index contributed by atoms with van der Waals surface area (Å²) >= 11 is 5.97. The SMILES string of the molecule is Cc1cc(C)cc(-n2c(C)nc3cc(Cl)ccc3c2=O)c1. The average Bonchev–Trinajstić information content (AvgIpc) is 2.36. The molecule has 0 bridgehead atoms. The molecule has 2 aromatic carbocycles. The Morgan fingerprint density at radius 1 is 1.00 bits per heavy atom. The van der Waals surface area contributed by atoms with E-state index < -0.39 is 0 Å². The van der Waals surface area contributed by atoms with Gasteiger partial charge in [-0.15, -0.1) is 0 Å². The second-order valence-corrected chi connectivity index (χ2v) is 5.74. The number of hydrogen-bond donors (Lipinski definition) is 0. The lowest BCUT2D eigenvalue weighted by Crippen LogP contribution is -2.22. The van der Waals surface area contributed by atoms with Crippen molar-refractivity contribution in [2.45, 2.75) is 20.8 Å². The van der Waals surface area contributed by atoms with Crippen molar-refractivity contribution < 1.29 is 0 Å². The van der Waals surface area contributed by atoms with E-state index in [1.54, 1.807) is 22.8 Å². The Morgan fingerprint density at radius 2 is 1.67 bits per heavy atom. The van der Waals surface area contributed by atoms with Crippen LogP contribution in [0.2, 0.25) is 5.02 Å². The second kappa shape index (κ2) is 5.01. The number of benzene rings is 2. The topological polar surface area (TPSA) is 34.9 Å². The minimum atomic E-state index is -0.0702. The van der Waals surface area contributed by atoms with E-state index in [1.165, 1.54) is 0 Å². The molecule has 21 heavy (non-hydrogen) atoms. The second-order valence-electron chi connectivity index (χ2n) is 5.31. The first-order valence-corrected chi connectivity index (χ1v) is 7.11. The quantitative estimate of drug-likeness (QED) is 0.681. The van der Waals surface area contributed by atoms with Gasteiger partial charge in [-0.1, -0.05) is 17.7 Å². The van der Waals surface area contributed by atoms with Gasteiger partial charge in [-0.25, -0.2) is 4.98 Å². The van der Waals surface area contributed by atoms with E-state index in [9.17, 15) is 4.79 Å². The Hall–Kier alpha value is -2.13. The van der Waals surface area contributed by atoms with Crippen LogP contribution >= 0.6 is 11.6 Å². The summed E-state index contributed by atoms with van der Waals surface area (Å²) in [6.07, 6.45) is 0. The van der Waals surface area contributed by atoms with Crippen molar-refractivity contribution in [3.05, 3.63) is 68.7 Å². The monoisotopic (exact) mass is 298 g/mol. The van der Waals surface area contributed by atoms with Crippen molar-refractivity contribution in [1.82, 2.24) is 9.55 Å². The Morgan fingerprint density at radius 3 is 2.33 bits per heavy atom. The molecular formula is C17H15ClN2O. The molecule has 1 heterocycles. The minimum Gasteiger partial charge on any atom is -0.268 e. The van der Waals surface area contributed by atoms with Gasteiger partial charge in [0.25, 0.3) is 5.56 Å². The molecule has 0 aliphatic rings. The maximum atomic E-state index is 12.8. The molecule has 3 nitrogen and oxygen atoms in total. The third kappa shape index (κ3) is 2.45. The largest absolute Gasteiger partial charge is 0.268 e. The van der Waals surface area contributed by atoms with E-state index in [0.29, 0.717) is 21.7 Å². The number of aromatic nitrogens is 2. The number of rotatable bonds is 1. The van der Waals surface area contributed by atoms with Gasteiger partial charge in [0, 0.05) is 5.02 Å². The van der Waals surface area contributed by atoms with E-state index in [0.717, 1.165) is 16.8 Å². The smallest absolute Gasteiger partial charge is 0.265 e. The number of nitrogens with zero attached hydrogens (tertiary/aromatic N) is 2. The fraction of sp³-hybridized carbons (Fsp3) is 0.176. The van der Waals surface area contributed by atoms with Gasteiger partial charge >= 0.3 is 0 Å². The molecule has 0 radical (unpaired) electrons. The molecule has 0 saturated carbocycles. The van der Waals surface area contributed by atoms with Crippen molar-refractivity contribution in [2.24, 2.45) is 0 Å². The lowest BCUT2D eigenvalue weighted by atomic mass is 10.1. The van der Waals surface area contributed by atoms with Crippen LogP contribution in [-0.2, 0) is 0 Å². The summed E-state index contributed by atoms with van der Waals surface area (Å²) in [4.78, 5) is 17.3. The highest BCUT2D eigenvalue weighted by molar-refractivity contribution is 6.31. The van der Waals surface area contributed by atoms with Crippen LogP contribution in [0.25, 0.3) is 16.6 Å². The Balaban J connectivity index is 2.37. The van der Waals surface area contributed by atoms with Gasteiger partial charge in [-0.05, 0) is 62.2 Å². The van der Waals surface area contributed by atoms with Gasteiger partial charge in [0.15, 0.2) is 0 Å². The zero-order valence-corrected chi connectivity index (χ0v) is 12.9. The molecule has 0 fully saturated rings. The van der Waals surface area contributed by atoms with Crippen molar-refractivity contribution in [3.8, 4) is 5.69 Å². The van der Waals surface area contributed by atoms with Crippen molar-refractivity contribution in [1.29, 1.82) is 0 Å². The Kier molecular flexibility index (Phi) is 3.30. The van der Waals surface area contributed by atoms with Crippen LogP contribution in [0, 0.1) is 20.8 Å². The first-order valence-electron chi connectivity index (χ1n) is 6.73. The highest BCUT2D eigenvalue weighted by Crippen LogP contribution is 2.18. The lowest BCUT2D eigenvalue weighted by Gasteiger charge is -2.12. The normalized spacial score (nSPS) is 11.0. The molecule has 3 rings (SSSR count). The van der Waals surface area contributed by atoms with Crippen molar-refractivity contribution >= 4 is 22.5 Å². The Labute approximate surface area is 127 Å². The number of hydrogen-bond acceptors (Lipinski definition) is 2.